The Morgan fingerprint density at radius 3 is 1.92 bits per heavy atom. The molecule has 0 saturated heterocycles. The molecule has 3 aromatic rings. The van der Waals surface area contributed by atoms with Crippen molar-refractivity contribution < 1.29 is 0 Å². The van der Waals surface area contributed by atoms with Crippen molar-refractivity contribution in [3.8, 4) is 0 Å². The molecule has 0 aliphatic heterocycles. The lowest BCUT2D eigenvalue weighted by Gasteiger charge is -2.35. The Bertz CT molecular complexity index is 758. The summed E-state index contributed by atoms with van der Waals surface area (Å²) in [4.78, 5) is 2.18. The van der Waals surface area contributed by atoms with Gasteiger partial charge in [-0.1, -0.05) is 67.6 Å². The zero-order chi connectivity index (χ0) is 17.9. The van der Waals surface area contributed by atoms with Gasteiger partial charge in [-0.3, -0.25) is 4.90 Å². The highest BCUT2D eigenvalue weighted by atomic mass is 15.6. The normalized spacial score (nSPS) is 14.0. The van der Waals surface area contributed by atoms with Gasteiger partial charge in [-0.05, 0) is 49.0 Å². The minimum Gasteiger partial charge on any atom is -0.297 e. The summed E-state index contributed by atoms with van der Waals surface area (Å²) in [5.74, 6) is 0.873. The van der Waals surface area contributed by atoms with Crippen LogP contribution in [0.2, 0.25) is 0 Å². The van der Waals surface area contributed by atoms with E-state index in [1.165, 1.54) is 11.1 Å². The van der Waals surface area contributed by atoms with Gasteiger partial charge in [0.15, 0.2) is 5.82 Å². The van der Waals surface area contributed by atoms with Gasteiger partial charge >= 0.3 is 0 Å². The first-order chi connectivity index (χ1) is 12.1. The maximum Gasteiger partial charge on any atom is 0.172 e. The number of aromatic nitrogens is 4. The quantitative estimate of drug-likeness (QED) is 0.692. The zero-order valence-corrected chi connectivity index (χ0v) is 15.3. The highest BCUT2D eigenvalue weighted by Crippen LogP contribution is 2.33. The molecule has 130 valence electrons. The van der Waals surface area contributed by atoms with Gasteiger partial charge in [0.1, 0.15) is 6.04 Å². The SMILES string of the molecule is CC[C@](C)(c1nnnn1C(c1ccccc1)c1ccccc1)N(C)C. The molecule has 1 atom stereocenters. The summed E-state index contributed by atoms with van der Waals surface area (Å²) in [6.45, 7) is 4.35. The summed E-state index contributed by atoms with van der Waals surface area (Å²) in [6.07, 6.45) is 0.913. The Morgan fingerprint density at radius 2 is 1.48 bits per heavy atom. The van der Waals surface area contributed by atoms with Crippen molar-refractivity contribution in [2.45, 2.75) is 31.8 Å². The van der Waals surface area contributed by atoms with Crippen molar-refractivity contribution in [3.05, 3.63) is 77.6 Å². The summed E-state index contributed by atoms with van der Waals surface area (Å²) in [5.41, 5.74) is 2.09. The van der Waals surface area contributed by atoms with Crippen molar-refractivity contribution in [1.29, 1.82) is 0 Å². The van der Waals surface area contributed by atoms with Gasteiger partial charge < -0.3 is 0 Å². The first-order valence-corrected chi connectivity index (χ1v) is 8.63. The summed E-state index contributed by atoms with van der Waals surface area (Å²) < 4.78 is 1.97. The highest BCUT2D eigenvalue weighted by molar-refractivity contribution is 5.33. The second kappa shape index (κ2) is 7.15. The Balaban J connectivity index is 2.19. The van der Waals surface area contributed by atoms with Crippen molar-refractivity contribution in [3.63, 3.8) is 0 Å². The third kappa shape index (κ3) is 3.20. The molecule has 1 heterocycles. The molecule has 0 saturated carbocycles. The molecule has 25 heavy (non-hydrogen) atoms. The predicted octanol–water partition coefficient (Wildman–Crippen LogP) is 3.50. The molecule has 0 bridgehead atoms. The Hall–Kier alpha value is -2.53. The van der Waals surface area contributed by atoms with Gasteiger partial charge in [0.05, 0.1) is 5.54 Å². The summed E-state index contributed by atoms with van der Waals surface area (Å²) in [5, 5.41) is 12.8. The van der Waals surface area contributed by atoms with E-state index in [4.69, 9.17) is 0 Å². The lowest BCUT2D eigenvalue weighted by molar-refractivity contribution is 0.148. The van der Waals surface area contributed by atoms with E-state index >= 15 is 0 Å². The van der Waals surface area contributed by atoms with E-state index in [9.17, 15) is 0 Å². The van der Waals surface area contributed by atoms with Crippen molar-refractivity contribution in [2.75, 3.05) is 14.1 Å². The lowest BCUT2D eigenvalue weighted by atomic mass is 9.94. The third-order valence-corrected chi connectivity index (χ3v) is 5.13. The first kappa shape index (κ1) is 17.3. The largest absolute Gasteiger partial charge is 0.297 e. The second-order valence-corrected chi connectivity index (χ2v) is 6.69. The number of nitrogens with zero attached hydrogens (tertiary/aromatic N) is 5. The fourth-order valence-corrected chi connectivity index (χ4v) is 3.14. The monoisotopic (exact) mass is 335 g/mol. The van der Waals surface area contributed by atoms with Crippen LogP contribution in [0.4, 0.5) is 0 Å². The topological polar surface area (TPSA) is 46.8 Å². The van der Waals surface area contributed by atoms with Crippen LogP contribution in [0.25, 0.3) is 0 Å². The van der Waals surface area contributed by atoms with E-state index < -0.39 is 0 Å². The van der Waals surface area contributed by atoms with Crippen molar-refractivity contribution >= 4 is 0 Å². The molecule has 2 aromatic carbocycles. The van der Waals surface area contributed by atoms with Crippen LogP contribution in [0, 0.1) is 0 Å². The molecule has 0 aliphatic rings. The molecule has 5 nitrogen and oxygen atoms in total. The van der Waals surface area contributed by atoms with Crippen molar-refractivity contribution in [2.24, 2.45) is 0 Å². The van der Waals surface area contributed by atoms with Crippen molar-refractivity contribution in [1.82, 2.24) is 25.1 Å². The first-order valence-electron chi connectivity index (χ1n) is 8.63. The van der Waals surface area contributed by atoms with E-state index in [0.717, 1.165) is 12.2 Å². The summed E-state index contributed by atoms with van der Waals surface area (Å²) in [7, 11) is 4.14. The van der Waals surface area contributed by atoms with Crippen LogP contribution >= 0.6 is 0 Å². The van der Waals surface area contributed by atoms with E-state index in [1.54, 1.807) is 0 Å². The van der Waals surface area contributed by atoms with Gasteiger partial charge in [0, 0.05) is 0 Å². The molecule has 3 rings (SSSR count). The molecule has 0 fully saturated rings. The lowest BCUT2D eigenvalue weighted by Crippen LogP contribution is -2.41. The molecule has 0 spiro atoms. The average Bonchev–Trinajstić information content (AvgIpc) is 3.12. The Morgan fingerprint density at radius 1 is 0.960 bits per heavy atom. The van der Waals surface area contributed by atoms with E-state index in [0.29, 0.717) is 0 Å². The van der Waals surface area contributed by atoms with Crippen LogP contribution in [0.5, 0.6) is 0 Å². The van der Waals surface area contributed by atoms with Gasteiger partial charge in [0.25, 0.3) is 0 Å². The smallest absolute Gasteiger partial charge is 0.172 e. The Labute approximate surface area is 149 Å². The van der Waals surface area contributed by atoms with E-state index in [2.05, 4.69) is 96.9 Å². The molecule has 1 aromatic heterocycles. The van der Waals surface area contributed by atoms with Crippen LogP contribution in [0.1, 0.15) is 43.3 Å². The molecule has 0 radical (unpaired) electrons. The number of rotatable bonds is 6. The standard InChI is InChI=1S/C20H25N5/c1-5-20(2,24(3)4)19-21-22-23-25(19)18(16-12-8-6-9-13-16)17-14-10-7-11-15-17/h6-15,18H,5H2,1-4H3/t20-/m1/s1. The number of hydrogen-bond acceptors (Lipinski definition) is 4. The summed E-state index contributed by atoms with van der Waals surface area (Å²) >= 11 is 0. The molecule has 0 unspecified atom stereocenters. The number of benzene rings is 2. The average molecular weight is 335 g/mol. The van der Waals surface area contributed by atoms with Gasteiger partial charge in [0.2, 0.25) is 0 Å². The fraction of sp³-hybridized carbons (Fsp3) is 0.350. The van der Waals surface area contributed by atoms with Crippen LogP contribution in [-0.4, -0.2) is 39.2 Å². The summed E-state index contributed by atoms with van der Waals surface area (Å²) in [6, 6.07) is 20.7. The molecule has 0 amide bonds. The van der Waals surface area contributed by atoms with Gasteiger partial charge in [-0.15, -0.1) is 5.10 Å². The molecule has 0 N–H and O–H groups in total. The maximum absolute atomic E-state index is 4.41. The number of tetrazole rings is 1. The van der Waals surface area contributed by atoms with E-state index in [-0.39, 0.29) is 11.6 Å². The fourth-order valence-electron chi connectivity index (χ4n) is 3.14. The Kier molecular flexibility index (Phi) is 4.95. The predicted molar refractivity (Wildman–Crippen MR) is 99.3 cm³/mol. The minimum absolute atomic E-state index is 0.0572. The molecular formula is C20H25N5. The molecular weight excluding hydrogens is 310 g/mol. The van der Waals surface area contributed by atoms with Crippen LogP contribution in [0.15, 0.2) is 60.7 Å². The third-order valence-electron chi connectivity index (χ3n) is 5.13. The molecule has 5 heteroatoms. The maximum atomic E-state index is 4.41. The van der Waals surface area contributed by atoms with Crippen LogP contribution in [0.3, 0.4) is 0 Å². The van der Waals surface area contributed by atoms with Crippen LogP contribution in [-0.2, 0) is 5.54 Å². The second-order valence-electron chi connectivity index (χ2n) is 6.69. The number of hydrogen-bond donors (Lipinski definition) is 0. The minimum atomic E-state index is -0.245. The van der Waals surface area contributed by atoms with Gasteiger partial charge in [-0.25, -0.2) is 4.68 Å². The van der Waals surface area contributed by atoms with Crippen LogP contribution < -0.4 is 0 Å². The van der Waals surface area contributed by atoms with E-state index in [1.807, 2.05) is 16.8 Å². The highest BCUT2D eigenvalue weighted by Gasteiger charge is 2.35. The molecule has 0 aliphatic carbocycles. The van der Waals surface area contributed by atoms with Gasteiger partial charge in [-0.2, -0.15) is 0 Å². The zero-order valence-electron chi connectivity index (χ0n) is 15.3.